The van der Waals surface area contributed by atoms with Crippen molar-refractivity contribution in [1.82, 2.24) is 5.32 Å². The van der Waals surface area contributed by atoms with Crippen LogP contribution >= 0.6 is 11.6 Å². The molecule has 3 N–H and O–H groups in total. The Bertz CT molecular complexity index is 693. The standard InChI is InChI=1S/C17H16ClN3O2/c18-14-5-3-13(4-6-14)16(22)11-20-17(23)21-15-7-1-12(2-8-15)9-10-19/h1-8,16,22H,9,11H2,(H2,20,21,23). The molecule has 2 rings (SSSR count). The Balaban J connectivity index is 1.82. The minimum absolute atomic E-state index is 0.0833. The van der Waals surface area contributed by atoms with Crippen LogP contribution < -0.4 is 10.6 Å². The molecule has 0 aliphatic heterocycles. The topological polar surface area (TPSA) is 85.2 Å². The van der Waals surface area contributed by atoms with Crippen LogP contribution in [0.2, 0.25) is 5.02 Å². The van der Waals surface area contributed by atoms with Gasteiger partial charge in [-0.2, -0.15) is 5.26 Å². The zero-order valence-electron chi connectivity index (χ0n) is 12.3. The summed E-state index contributed by atoms with van der Waals surface area (Å²) in [7, 11) is 0. The maximum atomic E-state index is 11.8. The predicted octanol–water partition coefficient (Wildman–Crippen LogP) is 3.26. The Hall–Kier alpha value is -2.55. The number of carbonyl (C=O) groups excluding carboxylic acids is 1. The van der Waals surface area contributed by atoms with Crippen molar-refractivity contribution in [3.63, 3.8) is 0 Å². The van der Waals surface area contributed by atoms with Crippen molar-refractivity contribution < 1.29 is 9.90 Å². The number of amides is 2. The van der Waals surface area contributed by atoms with Crippen molar-refractivity contribution in [3.8, 4) is 6.07 Å². The molecular formula is C17H16ClN3O2. The number of nitrogens with one attached hydrogen (secondary N) is 2. The predicted molar refractivity (Wildman–Crippen MR) is 89.2 cm³/mol. The van der Waals surface area contributed by atoms with E-state index in [1.165, 1.54) is 0 Å². The molecule has 0 heterocycles. The number of hydrogen-bond donors (Lipinski definition) is 3. The van der Waals surface area contributed by atoms with Crippen LogP contribution in [0.25, 0.3) is 0 Å². The van der Waals surface area contributed by atoms with Gasteiger partial charge in [0.2, 0.25) is 0 Å². The van der Waals surface area contributed by atoms with Crippen LogP contribution in [0.1, 0.15) is 17.2 Å². The van der Waals surface area contributed by atoms with E-state index in [1.54, 1.807) is 48.5 Å². The normalized spacial score (nSPS) is 11.3. The van der Waals surface area contributed by atoms with Gasteiger partial charge in [0.15, 0.2) is 0 Å². The summed E-state index contributed by atoms with van der Waals surface area (Å²) < 4.78 is 0. The van der Waals surface area contributed by atoms with Crippen LogP contribution in [0.3, 0.4) is 0 Å². The average Bonchev–Trinajstić information content (AvgIpc) is 2.55. The lowest BCUT2D eigenvalue weighted by molar-refractivity contribution is 0.175. The van der Waals surface area contributed by atoms with Crippen molar-refractivity contribution in [1.29, 1.82) is 5.26 Å². The molecule has 0 aromatic heterocycles. The van der Waals surface area contributed by atoms with Crippen molar-refractivity contribution in [2.75, 3.05) is 11.9 Å². The number of aliphatic hydroxyl groups excluding tert-OH is 1. The summed E-state index contributed by atoms with van der Waals surface area (Å²) in [5.41, 5.74) is 2.18. The SMILES string of the molecule is N#CCc1ccc(NC(=O)NCC(O)c2ccc(Cl)cc2)cc1. The van der Waals surface area contributed by atoms with Gasteiger partial charge in [0, 0.05) is 17.3 Å². The zero-order valence-corrected chi connectivity index (χ0v) is 13.0. The van der Waals surface area contributed by atoms with Crippen molar-refractivity contribution in [2.24, 2.45) is 0 Å². The molecule has 0 aliphatic carbocycles. The van der Waals surface area contributed by atoms with E-state index < -0.39 is 12.1 Å². The summed E-state index contributed by atoms with van der Waals surface area (Å²) >= 11 is 5.79. The monoisotopic (exact) mass is 329 g/mol. The van der Waals surface area contributed by atoms with Crippen LogP contribution in [0.4, 0.5) is 10.5 Å². The van der Waals surface area contributed by atoms with Gasteiger partial charge in [-0.25, -0.2) is 4.79 Å². The second kappa shape index (κ2) is 8.18. The van der Waals surface area contributed by atoms with E-state index in [0.29, 0.717) is 22.7 Å². The second-order valence-corrected chi connectivity index (χ2v) is 5.37. The molecule has 5 nitrogen and oxygen atoms in total. The van der Waals surface area contributed by atoms with E-state index in [-0.39, 0.29) is 6.54 Å². The lowest BCUT2D eigenvalue weighted by Gasteiger charge is -2.13. The highest BCUT2D eigenvalue weighted by molar-refractivity contribution is 6.30. The number of rotatable bonds is 5. The fraction of sp³-hybridized carbons (Fsp3) is 0.176. The molecule has 6 heteroatoms. The molecule has 118 valence electrons. The van der Waals surface area contributed by atoms with Gasteiger partial charge in [-0.15, -0.1) is 0 Å². The number of benzene rings is 2. The van der Waals surface area contributed by atoms with E-state index in [1.807, 2.05) is 0 Å². The molecule has 0 aliphatic rings. The third kappa shape index (κ3) is 5.29. The van der Waals surface area contributed by atoms with Gasteiger partial charge in [0.25, 0.3) is 0 Å². The van der Waals surface area contributed by atoms with Gasteiger partial charge in [-0.3, -0.25) is 0 Å². The van der Waals surface area contributed by atoms with E-state index >= 15 is 0 Å². The molecule has 0 radical (unpaired) electrons. The van der Waals surface area contributed by atoms with Crippen LogP contribution in [-0.4, -0.2) is 17.7 Å². The third-order valence-electron chi connectivity index (χ3n) is 3.21. The number of anilines is 1. The molecule has 0 bridgehead atoms. The lowest BCUT2D eigenvalue weighted by Crippen LogP contribution is -2.32. The summed E-state index contributed by atoms with van der Waals surface area (Å²) in [6.45, 7) is 0.0833. The van der Waals surface area contributed by atoms with Gasteiger partial charge in [0.05, 0.1) is 18.6 Å². The van der Waals surface area contributed by atoms with Gasteiger partial charge in [-0.05, 0) is 35.4 Å². The lowest BCUT2D eigenvalue weighted by atomic mass is 10.1. The first-order valence-electron chi connectivity index (χ1n) is 7.03. The zero-order chi connectivity index (χ0) is 16.7. The van der Waals surface area contributed by atoms with Crippen molar-refractivity contribution >= 4 is 23.3 Å². The molecule has 0 saturated heterocycles. The molecule has 0 fully saturated rings. The Kier molecular flexibility index (Phi) is 5.98. The van der Waals surface area contributed by atoms with Crippen molar-refractivity contribution in [2.45, 2.75) is 12.5 Å². The molecule has 0 saturated carbocycles. The molecule has 2 amide bonds. The Morgan fingerprint density at radius 3 is 2.43 bits per heavy atom. The Labute approximate surface area is 139 Å². The van der Waals surface area contributed by atoms with Gasteiger partial charge >= 0.3 is 6.03 Å². The second-order valence-electron chi connectivity index (χ2n) is 4.93. The molecule has 1 unspecified atom stereocenters. The summed E-state index contributed by atoms with van der Waals surface area (Å²) in [6, 6.07) is 15.4. The van der Waals surface area contributed by atoms with E-state index in [4.69, 9.17) is 16.9 Å². The first-order valence-corrected chi connectivity index (χ1v) is 7.40. The number of urea groups is 1. The number of aliphatic hydroxyl groups is 1. The molecular weight excluding hydrogens is 314 g/mol. The summed E-state index contributed by atoms with van der Waals surface area (Å²) in [5, 5.41) is 24.5. The Morgan fingerprint density at radius 1 is 1.17 bits per heavy atom. The summed E-state index contributed by atoms with van der Waals surface area (Å²) in [4.78, 5) is 11.8. The minimum Gasteiger partial charge on any atom is -0.387 e. The molecule has 1 atom stereocenters. The van der Waals surface area contributed by atoms with Gasteiger partial charge in [-0.1, -0.05) is 35.9 Å². The van der Waals surface area contributed by atoms with Crippen LogP contribution in [-0.2, 0) is 6.42 Å². The fourth-order valence-corrected chi connectivity index (χ4v) is 2.09. The fourth-order valence-electron chi connectivity index (χ4n) is 1.96. The first-order chi connectivity index (χ1) is 11.1. The van der Waals surface area contributed by atoms with Gasteiger partial charge < -0.3 is 15.7 Å². The van der Waals surface area contributed by atoms with E-state index in [0.717, 1.165) is 5.56 Å². The van der Waals surface area contributed by atoms with Crippen LogP contribution in [0.5, 0.6) is 0 Å². The smallest absolute Gasteiger partial charge is 0.319 e. The number of nitrogens with zero attached hydrogens (tertiary/aromatic N) is 1. The van der Waals surface area contributed by atoms with Gasteiger partial charge in [0.1, 0.15) is 0 Å². The molecule has 0 spiro atoms. The molecule has 2 aromatic carbocycles. The maximum absolute atomic E-state index is 11.8. The highest BCUT2D eigenvalue weighted by atomic mass is 35.5. The van der Waals surface area contributed by atoms with Crippen LogP contribution in [0, 0.1) is 11.3 Å². The van der Waals surface area contributed by atoms with E-state index in [9.17, 15) is 9.90 Å². The van der Waals surface area contributed by atoms with E-state index in [2.05, 4.69) is 16.7 Å². The van der Waals surface area contributed by atoms with Crippen LogP contribution in [0.15, 0.2) is 48.5 Å². The maximum Gasteiger partial charge on any atom is 0.319 e. The highest BCUT2D eigenvalue weighted by Gasteiger charge is 2.09. The Morgan fingerprint density at radius 2 is 1.83 bits per heavy atom. The van der Waals surface area contributed by atoms with Crippen molar-refractivity contribution in [3.05, 3.63) is 64.7 Å². The quantitative estimate of drug-likeness (QED) is 0.787. The minimum atomic E-state index is -0.809. The summed E-state index contributed by atoms with van der Waals surface area (Å²) in [6.07, 6.45) is -0.476. The number of halogens is 1. The largest absolute Gasteiger partial charge is 0.387 e. The number of hydrogen-bond acceptors (Lipinski definition) is 3. The average molecular weight is 330 g/mol. The molecule has 2 aromatic rings. The third-order valence-corrected chi connectivity index (χ3v) is 3.46. The number of carbonyl (C=O) groups is 1. The molecule has 23 heavy (non-hydrogen) atoms. The highest BCUT2D eigenvalue weighted by Crippen LogP contribution is 2.16. The summed E-state index contributed by atoms with van der Waals surface area (Å²) in [5.74, 6) is 0. The first kappa shape index (κ1) is 16.8. The number of nitriles is 1.